The molecule has 0 aliphatic rings. The summed E-state index contributed by atoms with van der Waals surface area (Å²) in [7, 11) is 3.57. The second-order valence-electron chi connectivity index (χ2n) is 3.88. The highest BCUT2D eigenvalue weighted by Crippen LogP contribution is 2.23. The molecule has 0 heterocycles. The number of hydrogen-bond acceptors (Lipinski definition) is 7. The predicted molar refractivity (Wildman–Crippen MR) is 81.2 cm³/mol. The molecule has 1 rings (SSSR count). The van der Waals surface area contributed by atoms with Gasteiger partial charge in [-0.1, -0.05) is 15.9 Å². The van der Waals surface area contributed by atoms with Crippen molar-refractivity contribution in [1.82, 2.24) is 0 Å². The van der Waals surface area contributed by atoms with E-state index < -0.39 is 17.9 Å². The molecule has 0 aliphatic carbocycles. The maximum absolute atomic E-state index is 11.8. The van der Waals surface area contributed by atoms with Crippen molar-refractivity contribution in [2.24, 2.45) is 0 Å². The third kappa shape index (κ3) is 4.59. The van der Waals surface area contributed by atoms with E-state index in [1.54, 1.807) is 12.1 Å². The summed E-state index contributed by atoms with van der Waals surface area (Å²) in [5, 5.41) is 2.67. The Hall–Kier alpha value is -2.35. The van der Waals surface area contributed by atoms with Crippen LogP contribution in [0.15, 0.2) is 34.4 Å². The summed E-state index contributed by atoms with van der Waals surface area (Å²) in [6.45, 7) is 0. The van der Waals surface area contributed by atoms with Crippen LogP contribution in [0, 0.1) is 0 Å². The molecule has 0 saturated heterocycles. The van der Waals surface area contributed by atoms with E-state index in [0.717, 1.165) is 13.2 Å². The van der Waals surface area contributed by atoms with E-state index >= 15 is 0 Å². The quantitative estimate of drug-likeness (QED) is 0.479. The molecule has 1 N–H and O–H groups in total. The van der Waals surface area contributed by atoms with Gasteiger partial charge in [0, 0.05) is 4.47 Å². The Kier molecular flexibility index (Phi) is 6.58. The SMILES string of the molecule is COC(=O)/C=C(/Nc1ccc(Br)cc1C(=O)OC)C(=O)OC. The van der Waals surface area contributed by atoms with E-state index in [2.05, 4.69) is 35.5 Å². The predicted octanol–water partition coefficient (Wildman–Crippen LogP) is 1.88. The molecule has 22 heavy (non-hydrogen) atoms. The summed E-state index contributed by atoms with van der Waals surface area (Å²) in [5.41, 5.74) is 0.272. The van der Waals surface area contributed by atoms with Crippen molar-refractivity contribution in [2.75, 3.05) is 26.6 Å². The van der Waals surface area contributed by atoms with Crippen LogP contribution in [-0.2, 0) is 23.8 Å². The molecule has 8 heteroatoms. The Balaban J connectivity index is 3.24. The lowest BCUT2D eigenvalue weighted by molar-refractivity contribution is -0.138. The molecule has 0 bridgehead atoms. The average Bonchev–Trinajstić information content (AvgIpc) is 2.53. The van der Waals surface area contributed by atoms with Gasteiger partial charge in [0.1, 0.15) is 5.70 Å². The molecule has 0 unspecified atom stereocenters. The molecule has 0 atom stereocenters. The highest BCUT2D eigenvalue weighted by atomic mass is 79.9. The lowest BCUT2D eigenvalue weighted by Crippen LogP contribution is -2.17. The van der Waals surface area contributed by atoms with Crippen molar-refractivity contribution in [3.05, 3.63) is 40.0 Å². The molecule has 0 fully saturated rings. The number of halogens is 1. The number of carbonyl (C=O) groups excluding carboxylic acids is 3. The number of hydrogen-bond donors (Lipinski definition) is 1. The molecule has 118 valence electrons. The molecule has 0 spiro atoms. The summed E-state index contributed by atoms with van der Waals surface area (Å²) in [4.78, 5) is 34.8. The molecule has 1 aromatic rings. The van der Waals surface area contributed by atoms with E-state index in [9.17, 15) is 14.4 Å². The summed E-state index contributed by atoms with van der Waals surface area (Å²) >= 11 is 3.24. The van der Waals surface area contributed by atoms with Crippen LogP contribution in [-0.4, -0.2) is 39.2 Å². The number of nitrogens with one attached hydrogen (secondary N) is 1. The van der Waals surface area contributed by atoms with E-state index in [4.69, 9.17) is 0 Å². The van der Waals surface area contributed by atoms with Crippen LogP contribution in [0.3, 0.4) is 0 Å². The number of ether oxygens (including phenoxy) is 3. The first kappa shape index (κ1) is 17.7. The number of rotatable bonds is 5. The van der Waals surface area contributed by atoms with Gasteiger partial charge in [0.05, 0.1) is 38.7 Å². The number of methoxy groups -OCH3 is 3. The first-order valence-corrected chi connectivity index (χ1v) is 6.75. The van der Waals surface area contributed by atoms with Gasteiger partial charge in [0.25, 0.3) is 0 Å². The van der Waals surface area contributed by atoms with E-state index in [1.807, 2.05) is 0 Å². The minimum absolute atomic E-state index is 0.177. The van der Waals surface area contributed by atoms with Gasteiger partial charge in [0.15, 0.2) is 0 Å². The number of benzene rings is 1. The molecule has 1 aromatic carbocycles. The molecule has 7 nitrogen and oxygen atoms in total. The fourth-order valence-electron chi connectivity index (χ4n) is 1.48. The molecular formula is C14H14BrNO6. The second kappa shape index (κ2) is 8.18. The normalized spacial score (nSPS) is 10.6. The summed E-state index contributed by atoms with van der Waals surface area (Å²) in [6, 6.07) is 4.72. The third-order valence-electron chi connectivity index (χ3n) is 2.52. The maximum atomic E-state index is 11.8. The maximum Gasteiger partial charge on any atom is 0.354 e. The van der Waals surface area contributed by atoms with Crippen molar-refractivity contribution < 1.29 is 28.6 Å². The number of carbonyl (C=O) groups is 3. The van der Waals surface area contributed by atoms with Gasteiger partial charge in [-0.2, -0.15) is 0 Å². The van der Waals surface area contributed by atoms with Crippen LogP contribution in [0.2, 0.25) is 0 Å². The van der Waals surface area contributed by atoms with Crippen LogP contribution in [0.5, 0.6) is 0 Å². The smallest absolute Gasteiger partial charge is 0.354 e. The monoisotopic (exact) mass is 371 g/mol. The molecule has 0 saturated carbocycles. The first-order valence-electron chi connectivity index (χ1n) is 5.95. The highest BCUT2D eigenvalue weighted by Gasteiger charge is 2.18. The van der Waals surface area contributed by atoms with Crippen LogP contribution in [0.1, 0.15) is 10.4 Å². The van der Waals surface area contributed by atoms with Crippen molar-refractivity contribution in [2.45, 2.75) is 0 Å². The third-order valence-corrected chi connectivity index (χ3v) is 3.02. The van der Waals surface area contributed by atoms with Gasteiger partial charge >= 0.3 is 17.9 Å². The van der Waals surface area contributed by atoms with Crippen LogP contribution in [0.4, 0.5) is 5.69 Å². The van der Waals surface area contributed by atoms with Gasteiger partial charge in [-0.15, -0.1) is 0 Å². The molecule has 0 aliphatic heterocycles. The van der Waals surface area contributed by atoms with Crippen LogP contribution < -0.4 is 5.32 Å². The van der Waals surface area contributed by atoms with Gasteiger partial charge in [0.2, 0.25) is 0 Å². The van der Waals surface area contributed by atoms with E-state index in [0.29, 0.717) is 4.47 Å². The van der Waals surface area contributed by atoms with Crippen molar-refractivity contribution >= 4 is 39.5 Å². The second-order valence-corrected chi connectivity index (χ2v) is 4.79. The average molecular weight is 372 g/mol. The van der Waals surface area contributed by atoms with Gasteiger partial charge in [-0.25, -0.2) is 14.4 Å². The van der Waals surface area contributed by atoms with Crippen LogP contribution in [0.25, 0.3) is 0 Å². The van der Waals surface area contributed by atoms with E-state index in [-0.39, 0.29) is 16.9 Å². The minimum atomic E-state index is -0.788. The Labute approximate surface area is 135 Å². The molecule has 0 amide bonds. The lowest BCUT2D eigenvalue weighted by atomic mass is 10.1. The molecule has 0 radical (unpaired) electrons. The van der Waals surface area contributed by atoms with Gasteiger partial charge in [-0.3, -0.25) is 0 Å². The molecule has 0 aromatic heterocycles. The minimum Gasteiger partial charge on any atom is -0.466 e. The van der Waals surface area contributed by atoms with Crippen molar-refractivity contribution in [3.8, 4) is 0 Å². The summed E-state index contributed by atoms with van der Waals surface area (Å²) < 4.78 is 14.4. The lowest BCUT2D eigenvalue weighted by Gasteiger charge is -2.12. The Morgan fingerprint density at radius 1 is 1.09 bits per heavy atom. The number of esters is 3. The Morgan fingerprint density at radius 3 is 2.32 bits per heavy atom. The Morgan fingerprint density at radius 2 is 1.77 bits per heavy atom. The highest BCUT2D eigenvalue weighted by molar-refractivity contribution is 9.10. The van der Waals surface area contributed by atoms with Crippen LogP contribution >= 0.6 is 15.9 Å². The fraction of sp³-hybridized carbons (Fsp3) is 0.214. The molecular weight excluding hydrogens is 358 g/mol. The zero-order valence-corrected chi connectivity index (χ0v) is 13.7. The Bertz CT molecular complexity index is 626. The van der Waals surface area contributed by atoms with Crippen molar-refractivity contribution in [3.63, 3.8) is 0 Å². The summed E-state index contributed by atoms with van der Waals surface area (Å²) in [5.74, 6) is -2.14. The van der Waals surface area contributed by atoms with Gasteiger partial charge < -0.3 is 19.5 Å². The first-order chi connectivity index (χ1) is 10.4. The largest absolute Gasteiger partial charge is 0.466 e. The fourth-order valence-corrected chi connectivity index (χ4v) is 1.84. The zero-order chi connectivity index (χ0) is 16.7. The standard InChI is InChI=1S/C14H14BrNO6/c1-20-12(17)7-11(14(19)22-3)16-10-5-4-8(15)6-9(10)13(18)21-2/h4-7,16H,1-3H3/b11-7+. The van der Waals surface area contributed by atoms with Crippen molar-refractivity contribution in [1.29, 1.82) is 0 Å². The zero-order valence-electron chi connectivity index (χ0n) is 12.1. The topological polar surface area (TPSA) is 90.9 Å². The number of anilines is 1. The van der Waals surface area contributed by atoms with E-state index in [1.165, 1.54) is 20.3 Å². The van der Waals surface area contributed by atoms with Gasteiger partial charge in [-0.05, 0) is 18.2 Å². The summed E-state index contributed by atoms with van der Waals surface area (Å²) in [6.07, 6.45) is 0.926.